The number of fused-ring (bicyclic) bond motifs is 1. The van der Waals surface area contributed by atoms with Crippen molar-refractivity contribution >= 4 is 27.3 Å². The second kappa shape index (κ2) is 6.62. The maximum atomic E-state index is 12.3. The van der Waals surface area contributed by atoms with Gasteiger partial charge in [-0.05, 0) is 56.9 Å². The molecule has 0 radical (unpaired) electrons. The van der Waals surface area contributed by atoms with Gasteiger partial charge in [0.15, 0.2) is 0 Å². The van der Waals surface area contributed by atoms with Crippen LogP contribution < -0.4 is 10.5 Å². The van der Waals surface area contributed by atoms with Crippen LogP contribution in [0.1, 0.15) is 51.7 Å². The van der Waals surface area contributed by atoms with Gasteiger partial charge in [0.05, 0.1) is 16.6 Å². The fraction of sp³-hybridized carbons (Fsp3) is 0.375. The minimum absolute atomic E-state index is 0.0142. The first-order chi connectivity index (χ1) is 11.3. The monoisotopic (exact) mass is 365 g/mol. The normalized spacial score (nSPS) is 15.6. The average Bonchev–Trinajstić information content (AvgIpc) is 2.98. The van der Waals surface area contributed by atoms with Crippen LogP contribution in [0.3, 0.4) is 0 Å². The Morgan fingerprint density at radius 3 is 2.54 bits per heavy atom. The zero-order valence-electron chi connectivity index (χ0n) is 13.3. The molecule has 0 spiro atoms. The largest absolute Gasteiger partial charge is 0.343 e. The number of primary sulfonamides is 1. The number of aromatic nitrogens is 1. The number of sulfonamides is 1. The first-order valence-corrected chi connectivity index (χ1v) is 10.1. The lowest BCUT2D eigenvalue weighted by Crippen LogP contribution is -2.26. The quantitative estimate of drug-likeness (QED) is 0.866. The fourth-order valence-electron chi connectivity index (χ4n) is 2.69. The zero-order chi connectivity index (χ0) is 17.3. The molecular formula is C16H19N3O3S2. The standard InChI is InChI=1S/C16H19N3O3S2/c1-10(16-19-13-4-2-3-5-14(13)23-16)18-15(20)11-6-8-12(9-7-11)24(17,21)22/h6-10H,2-5H2,1H3,(H,18,20)(H2,17,21,22)/t10-/m0/s1. The van der Waals surface area contributed by atoms with Crippen molar-refractivity contribution in [2.24, 2.45) is 5.14 Å². The number of nitrogens with zero attached hydrogens (tertiary/aromatic N) is 1. The topological polar surface area (TPSA) is 102 Å². The van der Waals surface area contributed by atoms with Gasteiger partial charge in [-0.3, -0.25) is 4.79 Å². The zero-order valence-corrected chi connectivity index (χ0v) is 14.9. The van der Waals surface area contributed by atoms with Crippen LogP contribution in [-0.2, 0) is 22.9 Å². The Hall–Kier alpha value is -1.77. The van der Waals surface area contributed by atoms with Crippen LogP contribution >= 0.6 is 11.3 Å². The van der Waals surface area contributed by atoms with Crippen LogP contribution in [0, 0.1) is 0 Å². The summed E-state index contributed by atoms with van der Waals surface area (Å²) in [5, 5.41) is 8.87. The van der Waals surface area contributed by atoms with Gasteiger partial charge in [-0.1, -0.05) is 0 Å². The van der Waals surface area contributed by atoms with Gasteiger partial charge in [0, 0.05) is 10.4 Å². The summed E-state index contributed by atoms with van der Waals surface area (Å²) in [4.78, 5) is 18.3. The van der Waals surface area contributed by atoms with E-state index in [2.05, 4.69) is 10.3 Å². The summed E-state index contributed by atoms with van der Waals surface area (Å²) in [7, 11) is -3.75. The van der Waals surface area contributed by atoms with Crippen LogP contribution in [0.2, 0.25) is 0 Å². The van der Waals surface area contributed by atoms with E-state index < -0.39 is 10.0 Å². The van der Waals surface area contributed by atoms with Crippen LogP contribution in [-0.4, -0.2) is 19.3 Å². The molecule has 0 saturated heterocycles. The van der Waals surface area contributed by atoms with Gasteiger partial charge < -0.3 is 5.32 Å². The molecule has 0 fully saturated rings. The molecular weight excluding hydrogens is 346 g/mol. The lowest BCUT2D eigenvalue weighted by molar-refractivity contribution is 0.0939. The number of nitrogens with two attached hydrogens (primary N) is 1. The molecule has 8 heteroatoms. The molecule has 0 unspecified atom stereocenters. The predicted molar refractivity (Wildman–Crippen MR) is 92.5 cm³/mol. The van der Waals surface area contributed by atoms with E-state index in [1.165, 1.54) is 47.7 Å². The Labute approximate surface area is 145 Å². The van der Waals surface area contributed by atoms with Crippen molar-refractivity contribution in [2.75, 3.05) is 0 Å². The SMILES string of the molecule is C[C@H](NC(=O)c1ccc(S(N)(=O)=O)cc1)c1nc2c(s1)CCCC2. The minimum Gasteiger partial charge on any atom is -0.343 e. The Morgan fingerprint density at radius 2 is 1.92 bits per heavy atom. The summed E-state index contributed by atoms with van der Waals surface area (Å²) in [6.07, 6.45) is 4.46. The molecule has 128 valence electrons. The summed E-state index contributed by atoms with van der Waals surface area (Å²) < 4.78 is 22.5. The number of aryl methyl sites for hydroxylation is 2. The number of carbonyl (C=O) groups is 1. The lowest BCUT2D eigenvalue weighted by Gasteiger charge is -2.11. The molecule has 3 rings (SSSR count). The van der Waals surface area contributed by atoms with Crippen molar-refractivity contribution in [1.82, 2.24) is 10.3 Å². The molecule has 24 heavy (non-hydrogen) atoms. The third-order valence-corrected chi connectivity index (χ3v) is 6.29. The molecule has 1 heterocycles. The molecule has 3 N–H and O–H groups in total. The van der Waals surface area contributed by atoms with Crippen LogP contribution in [0.5, 0.6) is 0 Å². The highest BCUT2D eigenvalue weighted by Crippen LogP contribution is 2.29. The van der Waals surface area contributed by atoms with E-state index in [0.717, 1.165) is 17.8 Å². The van der Waals surface area contributed by atoms with Crippen LogP contribution in [0.25, 0.3) is 0 Å². The minimum atomic E-state index is -3.75. The molecule has 6 nitrogen and oxygen atoms in total. The number of nitrogens with one attached hydrogen (secondary N) is 1. The van der Waals surface area contributed by atoms with Gasteiger partial charge in [-0.25, -0.2) is 18.5 Å². The summed E-state index contributed by atoms with van der Waals surface area (Å²) in [5.41, 5.74) is 1.55. The van der Waals surface area contributed by atoms with Crippen molar-refractivity contribution in [1.29, 1.82) is 0 Å². The summed E-state index contributed by atoms with van der Waals surface area (Å²) >= 11 is 1.66. The van der Waals surface area contributed by atoms with Crippen molar-refractivity contribution in [3.8, 4) is 0 Å². The van der Waals surface area contributed by atoms with Gasteiger partial charge in [-0.2, -0.15) is 0 Å². The maximum Gasteiger partial charge on any atom is 0.251 e. The highest BCUT2D eigenvalue weighted by molar-refractivity contribution is 7.89. The Morgan fingerprint density at radius 1 is 1.25 bits per heavy atom. The van der Waals surface area contributed by atoms with Crippen molar-refractivity contribution in [3.63, 3.8) is 0 Å². The van der Waals surface area contributed by atoms with Crippen molar-refractivity contribution in [2.45, 2.75) is 43.5 Å². The highest BCUT2D eigenvalue weighted by atomic mass is 32.2. The Kier molecular flexibility index (Phi) is 4.71. The predicted octanol–water partition coefficient (Wildman–Crippen LogP) is 2.16. The molecule has 1 amide bonds. The first-order valence-electron chi connectivity index (χ1n) is 7.77. The van der Waals surface area contributed by atoms with E-state index >= 15 is 0 Å². The van der Waals surface area contributed by atoms with Gasteiger partial charge in [-0.15, -0.1) is 11.3 Å². The van der Waals surface area contributed by atoms with Crippen LogP contribution in [0.4, 0.5) is 0 Å². The van der Waals surface area contributed by atoms with Gasteiger partial charge in [0.25, 0.3) is 5.91 Å². The average molecular weight is 365 g/mol. The molecule has 1 aromatic carbocycles. The first kappa shape index (κ1) is 17.1. The molecule has 1 aliphatic rings. The van der Waals surface area contributed by atoms with Crippen molar-refractivity contribution in [3.05, 3.63) is 45.4 Å². The van der Waals surface area contributed by atoms with E-state index in [0.29, 0.717) is 5.56 Å². The highest BCUT2D eigenvalue weighted by Gasteiger charge is 2.20. The van der Waals surface area contributed by atoms with E-state index in [-0.39, 0.29) is 16.8 Å². The number of hydrogen-bond acceptors (Lipinski definition) is 5. The number of benzene rings is 1. The van der Waals surface area contributed by atoms with E-state index in [9.17, 15) is 13.2 Å². The maximum absolute atomic E-state index is 12.3. The van der Waals surface area contributed by atoms with E-state index in [1.807, 2.05) is 6.92 Å². The number of hydrogen-bond donors (Lipinski definition) is 2. The van der Waals surface area contributed by atoms with Gasteiger partial charge in [0.2, 0.25) is 10.0 Å². The van der Waals surface area contributed by atoms with Gasteiger partial charge in [0.1, 0.15) is 5.01 Å². The third kappa shape index (κ3) is 3.66. The lowest BCUT2D eigenvalue weighted by atomic mass is 10.0. The number of carbonyl (C=O) groups excluding carboxylic acids is 1. The van der Waals surface area contributed by atoms with Crippen LogP contribution in [0.15, 0.2) is 29.2 Å². The molecule has 0 saturated carbocycles. The Bertz CT molecular complexity index is 834. The molecule has 0 bridgehead atoms. The Balaban J connectivity index is 1.71. The number of thiazole rings is 1. The second-order valence-electron chi connectivity index (χ2n) is 5.89. The molecule has 1 aliphatic carbocycles. The molecule has 0 aliphatic heterocycles. The van der Waals surface area contributed by atoms with E-state index in [1.54, 1.807) is 11.3 Å². The number of amides is 1. The number of rotatable bonds is 4. The fourth-order valence-corrected chi connectivity index (χ4v) is 4.37. The second-order valence-corrected chi connectivity index (χ2v) is 8.57. The van der Waals surface area contributed by atoms with Gasteiger partial charge >= 0.3 is 0 Å². The summed E-state index contributed by atoms with van der Waals surface area (Å²) in [6.45, 7) is 1.90. The summed E-state index contributed by atoms with van der Waals surface area (Å²) in [5.74, 6) is -0.267. The molecule has 1 aromatic heterocycles. The molecule has 2 aromatic rings. The summed E-state index contributed by atoms with van der Waals surface area (Å²) in [6, 6.07) is 5.38. The van der Waals surface area contributed by atoms with Crippen molar-refractivity contribution < 1.29 is 13.2 Å². The van der Waals surface area contributed by atoms with E-state index in [4.69, 9.17) is 5.14 Å². The third-order valence-electron chi connectivity index (χ3n) is 4.03. The smallest absolute Gasteiger partial charge is 0.251 e. The molecule has 1 atom stereocenters.